The molecule has 3 rings (SSSR count). The third-order valence-electron chi connectivity index (χ3n) is 3.44. The van der Waals surface area contributed by atoms with E-state index in [1.807, 2.05) is 24.3 Å². The number of ether oxygens (including phenoxy) is 1. The molecule has 9 heteroatoms. The minimum atomic E-state index is -0.388. The Kier molecular flexibility index (Phi) is 4.72. The van der Waals surface area contributed by atoms with E-state index in [0.717, 1.165) is 11.3 Å². The summed E-state index contributed by atoms with van der Waals surface area (Å²) in [6.07, 6.45) is 0. The molecule has 0 unspecified atom stereocenters. The summed E-state index contributed by atoms with van der Waals surface area (Å²) in [5, 5.41) is 9.90. The van der Waals surface area contributed by atoms with Crippen LogP contribution in [0.4, 0.5) is 5.95 Å². The Labute approximate surface area is 141 Å². The van der Waals surface area contributed by atoms with Gasteiger partial charge in [-0.1, -0.05) is 23.9 Å². The lowest BCUT2D eigenvalue weighted by Crippen LogP contribution is -2.12. The molecular weight excluding hydrogens is 330 g/mol. The highest BCUT2D eigenvalue weighted by Gasteiger charge is 2.15. The lowest BCUT2D eigenvalue weighted by Gasteiger charge is -2.07. The number of H-pyrrole nitrogens is 1. The van der Waals surface area contributed by atoms with E-state index in [1.165, 1.54) is 11.8 Å². The zero-order chi connectivity index (χ0) is 17.1. The highest BCUT2D eigenvalue weighted by Crippen LogP contribution is 2.25. The van der Waals surface area contributed by atoms with Gasteiger partial charge in [-0.25, -0.2) is 4.98 Å². The van der Waals surface area contributed by atoms with Crippen molar-refractivity contribution in [1.82, 2.24) is 19.5 Å². The number of imidazole rings is 1. The van der Waals surface area contributed by atoms with Crippen molar-refractivity contribution in [2.24, 2.45) is 0 Å². The first-order chi connectivity index (χ1) is 11.6. The molecule has 0 aliphatic rings. The summed E-state index contributed by atoms with van der Waals surface area (Å²) in [6.45, 7) is 0.202. The topological polar surface area (TPSA) is 119 Å². The van der Waals surface area contributed by atoms with Crippen LogP contribution in [-0.2, 0) is 12.3 Å². The Morgan fingerprint density at radius 3 is 2.75 bits per heavy atom. The summed E-state index contributed by atoms with van der Waals surface area (Å²) in [7, 11) is 1.62. The predicted molar refractivity (Wildman–Crippen MR) is 92.2 cm³/mol. The van der Waals surface area contributed by atoms with Crippen LogP contribution in [0.1, 0.15) is 5.56 Å². The van der Waals surface area contributed by atoms with E-state index in [-0.39, 0.29) is 30.2 Å². The van der Waals surface area contributed by atoms with Crippen LogP contribution in [0.2, 0.25) is 0 Å². The van der Waals surface area contributed by atoms with Crippen LogP contribution in [0.25, 0.3) is 11.2 Å². The van der Waals surface area contributed by atoms with Gasteiger partial charge in [0.15, 0.2) is 16.3 Å². The van der Waals surface area contributed by atoms with Crippen LogP contribution in [0, 0.1) is 0 Å². The van der Waals surface area contributed by atoms with E-state index in [1.54, 1.807) is 11.7 Å². The Morgan fingerprint density at radius 2 is 2.08 bits per heavy atom. The number of nitrogens with one attached hydrogen (secondary N) is 1. The third-order valence-corrected chi connectivity index (χ3v) is 4.49. The molecule has 0 spiro atoms. The number of aromatic nitrogens is 4. The number of hydrogen-bond acceptors (Lipinski definition) is 7. The van der Waals surface area contributed by atoms with Gasteiger partial charge in [-0.3, -0.25) is 9.78 Å². The Balaban J connectivity index is 1.91. The average molecular weight is 347 g/mol. The van der Waals surface area contributed by atoms with Gasteiger partial charge in [0.2, 0.25) is 5.95 Å². The maximum Gasteiger partial charge on any atom is 0.280 e. The molecule has 0 aliphatic carbocycles. The van der Waals surface area contributed by atoms with Gasteiger partial charge in [0.05, 0.1) is 13.7 Å². The van der Waals surface area contributed by atoms with Crippen molar-refractivity contribution in [1.29, 1.82) is 0 Å². The number of methoxy groups -OCH3 is 1. The molecule has 1 aromatic carbocycles. The maximum absolute atomic E-state index is 12.0. The molecule has 0 aliphatic heterocycles. The quantitative estimate of drug-likeness (QED) is 0.569. The van der Waals surface area contributed by atoms with Crippen molar-refractivity contribution in [3.63, 3.8) is 0 Å². The van der Waals surface area contributed by atoms with Crippen molar-refractivity contribution in [2.45, 2.75) is 17.5 Å². The normalized spacial score (nSPS) is 11.1. The van der Waals surface area contributed by atoms with Crippen LogP contribution in [-0.4, -0.2) is 38.3 Å². The van der Waals surface area contributed by atoms with Crippen molar-refractivity contribution < 1.29 is 9.84 Å². The van der Waals surface area contributed by atoms with E-state index in [2.05, 4.69) is 15.0 Å². The summed E-state index contributed by atoms with van der Waals surface area (Å²) in [5.74, 6) is 1.48. The smallest absolute Gasteiger partial charge is 0.280 e. The molecule has 0 fully saturated rings. The monoisotopic (exact) mass is 347 g/mol. The zero-order valence-electron chi connectivity index (χ0n) is 13.0. The Bertz CT molecular complexity index is 904. The van der Waals surface area contributed by atoms with Crippen LogP contribution in [0.15, 0.2) is 34.2 Å². The summed E-state index contributed by atoms with van der Waals surface area (Å²) < 4.78 is 6.84. The second kappa shape index (κ2) is 6.93. The summed E-state index contributed by atoms with van der Waals surface area (Å²) in [6, 6.07) is 7.71. The second-order valence-corrected chi connectivity index (χ2v) is 5.97. The van der Waals surface area contributed by atoms with Crippen molar-refractivity contribution >= 4 is 28.9 Å². The zero-order valence-corrected chi connectivity index (χ0v) is 13.8. The van der Waals surface area contributed by atoms with E-state index in [0.29, 0.717) is 16.6 Å². The standard InChI is InChI=1S/C15H17N5O3S/c1-23-10-4-2-9(3-5-10)8-24-15-17-11-12(20(15)6-7-21)18-14(16)19-13(11)22/h2-5,21H,6-8H2,1H3,(H3,16,18,19,22). The average Bonchev–Trinajstić information content (AvgIpc) is 2.92. The fourth-order valence-electron chi connectivity index (χ4n) is 2.29. The molecule has 0 bridgehead atoms. The number of anilines is 1. The summed E-state index contributed by atoms with van der Waals surface area (Å²) >= 11 is 1.46. The van der Waals surface area contributed by atoms with Gasteiger partial charge in [-0.15, -0.1) is 0 Å². The summed E-state index contributed by atoms with van der Waals surface area (Å²) in [5.41, 5.74) is 6.90. The number of nitrogens with two attached hydrogens (primary N) is 1. The number of fused-ring (bicyclic) bond motifs is 1. The SMILES string of the molecule is COc1ccc(CSc2nc3c(=O)[nH]c(N)nc3n2CCO)cc1. The number of rotatable bonds is 6. The van der Waals surface area contributed by atoms with Crippen LogP contribution in [0.3, 0.4) is 0 Å². The molecule has 0 atom stereocenters. The number of benzene rings is 1. The molecule has 3 aromatic rings. The van der Waals surface area contributed by atoms with Gasteiger partial charge in [0, 0.05) is 12.3 Å². The molecule has 2 aromatic heterocycles. The lowest BCUT2D eigenvalue weighted by atomic mass is 10.2. The number of aliphatic hydroxyl groups excluding tert-OH is 1. The first kappa shape index (κ1) is 16.3. The van der Waals surface area contributed by atoms with Crippen molar-refractivity contribution in [2.75, 3.05) is 19.5 Å². The van der Waals surface area contributed by atoms with Gasteiger partial charge >= 0.3 is 0 Å². The molecule has 24 heavy (non-hydrogen) atoms. The van der Waals surface area contributed by atoms with Crippen LogP contribution < -0.4 is 16.0 Å². The van der Waals surface area contributed by atoms with Crippen molar-refractivity contribution in [3.8, 4) is 5.75 Å². The van der Waals surface area contributed by atoms with E-state index >= 15 is 0 Å². The Hall–Kier alpha value is -2.52. The molecule has 2 heterocycles. The van der Waals surface area contributed by atoms with Crippen molar-refractivity contribution in [3.05, 3.63) is 40.2 Å². The Morgan fingerprint density at radius 1 is 1.33 bits per heavy atom. The largest absolute Gasteiger partial charge is 0.497 e. The van der Waals surface area contributed by atoms with Gasteiger partial charge in [0.25, 0.3) is 5.56 Å². The number of aromatic amines is 1. The first-order valence-corrected chi connectivity index (χ1v) is 8.23. The number of hydrogen-bond donors (Lipinski definition) is 3. The third kappa shape index (κ3) is 3.22. The second-order valence-electron chi connectivity index (χ2n) is 5.03. The molecule has 4 N–H and O–H groups in total. The predicted octanol–water partition coefficient (Wildman–Crippen LogP) is 0.995. The summed E-state index contributed by atoms with van der Waals surface area (Å²) in [4.78, 5) is 22.9. The first-order valence-electron chi connectivity index (χ1n) is 7.25. The molecule has 8 nitrogen and oxygen atoms in total. The van der Waals surface area contributed by atoms with Gasteiger partial charge in [-0.2, -0.15) is 4.98 Å². The van der Waals surface area contributed by atoms with Gasteiger partial charge < -0.3 is 20.1 Å². The number of nitrogen functional groups attached to an aromatic ring is 1. The fraction of sp³-hybridized carbons (Fsp3) is 0.267. The molecule has 0 amide bonds. The van der Waals surface area contributed by atoms with E-state index in [4.69, 9.17) is 10.5 Å². The fourth-order valence-corrected chi connectivity index (χ4v) is 3.27. The molecule has 0 saturated heterocycles. The van der Waals surface area contributed by atoms with E-state index in [9.17, 15) is 9.90 Å². The van der Waals surface area contributed by atoms with Gasteiger partial charge in [-0.05, 0) is 17.7 Å². The van der Waals surface area contributed by atoms with Crippen LogP contribution in [0.5, 0.6) is 5.75 Å². The van der Waals surface area contributed by atoms with Gasteiger partial charge in [0.1, 0.15) is 5.75 Å². The molecule has 0 radical (unpaired) electrons. The number of nitrogens with zero attached hydrogens (tertiary/aromatic N) is 3. The highest BCUT2D eigenvalue weighted by atomic mass is 32.2. The number of thioether (sulfide) groups is 1. The minimum absolute atomic E-state index is 0.0262. The maximum atomic E-state index is 12.0. The molecule has 126 valence electrons. The number of aliphatic hydroxyl groups is 1. The molecular formula is C15H17N5O3S. The van der Waals surface area contributed by atoms with Crippen LogP contribution >= 0.6 is 11.8 Å². The highest BCUT2D eigenvalue weighted by molar-refractivity contribution is 7.98. The van der Waals surface area contributed by atoms with E-state index < -0.39 is 0 Å². The minimum Gasteiger partial charge on any atom is -0.497 e. The lowest BCUT2D eigenvalue weighted by molar-refractivity contribution is 0.273. The molecule has 0 saturated carbocycles.